The van der Waals surface area contributed by atoms with Gasteiger partial charge >= 0.3 is 24.3 Å². The van der Waals surface area contributed by atoms with Gasteiger partial charge in [-0.05, 0) is 151 Å². The van der Waals surface area contributed by atoms with Crippen LogP contribution < -0.4 is 0 Å². The molecule has 0 saturated carbocycles. The van der Waals surface area contributed by atoms with Gasteiger partial charge in [-0.2, -0.15) is 26.3 Å². The van der Waals surface area contributed by atoms with Gasteiger partial charge in [-0.25, -0.2) is 9.59 Å². The molecule has 13 heteroatoms. The summed E-state index contributed by atoms with van der Waals surface area (Å²) in [4.78, 5) is 23.9. The lowest BCUT2D eigenvalue weighted by Gasteiger charge is -2.42. The monoisotopic (exact) mass is 1110 g/mol. The third-order valence-electron chi connectivity index (χ3n) is 16.6. The van der Waals surface area contributed by atoms with E-state index in [-0.39, 0.29) is 24.2 Å². The second-order valence-corrected chi connectivity index (χ2v) is 24.0. The lowest BCUT2D eigenvalue weighted by molar-refractivity contribution is -0.339. The number of fused-ring (bicyclic) bond motifs is 9. The van der Waals surface area contributed by atoms with Gasteiger partial charge in [-0.1, -0.05) is 192 Å². The fraction of sp³-hybridized carbons (Fsp3) is 0.344. The van der Waals surface area contributed by atoms with Gasteiger partial charge in [-0.3, -0.25) is 0 Å². The molecule has 0 aliphatic heterocycles. The van der Waals surface area contributed by atoms with Gasteiger partial charge < -0.3 is 9.47 Å². The molecular formula is C64H59Cl3F6O4. The molecule has 402 valence electrons. The average molecular weight is 1110 g/mol. The van der Waals surface area contributed by atoms with E-state index in [4.69, 9.17) is 44.3 Å². The summed E-state index contributed by atoms with van der Waals surface area (Å²) in [6.07, 6.45) is -5.05. The highest BCUT2D eigenvalue weighted by atomic mass is 35.6. The molecule has 0 fully saturated rings. The molecule has 6 aromatic rings. The first-order valence-corrected chi connectivity index (χ1v) is 27.1. The summed E-state index contributed by atoms with van der Waals surface area (Å²) in [5.41, 5.74) is 10.2. The molecule has 9 rings (SSSR count). The summed E-state index contributed by atoms with van der Waals surface area (Å²) in [5, 5.41) is 0. The predicted molar refractivity (Wildman–Crippen MR) is 296 cm³/mol. The van der Waals surface area contributed by atoms with Crippen LogP contribution in [0.4, 0.5) is 26.3 Å². The first-order chi connectivity index (χ1) is 36.3. The van der Waals surface area contributed by atoms with E-state index in [1.165, 1.54) is 45.5 Å². The van der Waals surface area contributed by atoms with E-state index in [0.717, 1.165) is 95.2 Å². The maximum Gasteiger partial charge on any atom is 0.407 e. The van der Waals surface area contributed by atoms with Crippen LogP contribution in [0.25, 0.3) is 55.6 Å². The Morgan fingerprint density at radius 2 is 0.844 bits per heavy atom. The number of ether oxygens (including phenoxy) is 2. The van der Waals surface area contributed by atoms with Crippen LogP contribution in [-0.2, 0) is 41.7 Å². The molecular weight excluding hydrogens is 1050 g/mol. The number of hydrogen-bond donors (Lipinski definition) is 0. The van der Waals surface area contributed by atoms with E-state index in [0.29, 0.717) is 24.0 Å². The van der Waals surface area contributed by atoms with Crippen molar-refractivity contribution in [1.82, 2.24) is 0 Å². The molecule has 0 heterocycles. The zero-order valence-corrected chi connectivity index (χ0v) is 45.6. The molecule has 0 amide bonds. The normalized spacial score (nSPS) is 15.4. The van der Waals surface area contributed by atoms with Crippen molar-refractivity contribution in [3.05, 3.63) is 180 Å². The minimum atomic E-state index is -5.95. The van der Waals surface area contributed by atoms with E-state index in [1.54, 1.807) is 6.07 Å². The Labute approximate surface area is 461 Å². The van der Waals surface area contributed by atoms with Gasteiger partial charge in [0.05, 0.1) is 13.2 Å². The molecule has 6 aromatic carbocycles. The number of carbonyl (C=O) groups excluding carboxylic acids is 2. The summed E-state index contributed by atoms with van der Waals surface area (Å²) >= 11 is 16.9. The molecule has 3 aliphatic rings. The third-order valence-corrected chi connectivity index (χ3v) is 17.6. The van der Waals surface area contributed by atoms with Crippen molar-refractivity contribution in [1.29, 1.82) is 0 Å². The van der Waals surface area contributed by atoms with E-state index >= 15 is 0 Å². The Balaban J connectivity index is 1.11. The molecule has 0 atom stereocenters. The van der Waals surface area contributed by atoms with Gasteiger partial charge in [-0.15, -0.1) is 0 Å². The Kier molecular flexibility index (Phi) is 15.1. The topological polar surface area (TPSA) is 52.6 Å². The number of alkyl halides is 9. The Bertz CT molecular complexity index is 3240. The van der Waals surface area contributed by atoms with Crippen molar-refractivity contribution in [3.63, 3.8) is 0 Å². The maximum absolute atomic E-state index is 14.6. The fourth-order valence-electron chi connectivity index (χ4n) is 12.4. The van der Waals surface area contributed by atoms with Gasteiger partial charge in [0.1, 0.15) is 0 Å². The summed E-state index contributed by atoms with van der Waals surface area (Å²) in [5.74, 6) is -0.924. The van der Waals surface area contributed by atoms with Gasteiger partial charge in [0.25, 0.3) is 0 Å². The Hall–Kier alpha value is -5.81. The van der Waals surface area contributed by atoms with Gasteiger partial charge in [0.15, 0.2) is 0 Å². The van der Waals surface area contributed by atoms with Crippen LogP contribution in [0.1, 0.15) is 118 Å². The highest BCUT2D eigenvalue weighted by molar-refractivity contribution is 6.68. The van der Waals surface area contributed by atoms with Crippen LogP contribution in [0.5, 0.6) is 0 Å². The van der Waals surface area contributed by atoms with Crippen LogP contribution in [0, 0.1) is 5.41 Å². The van der Waals surface area contributed by atoms with Crippen molar-refractivity contribution >= 4 is 46.7 Å². The largest absolute Gasteiger partial charge is 0.463 e. The standard InChI is InChI=1S/C64H59Cl3F6O4/c1-7-56(74)76-31-15-9-13-29-60(30-14-10-16-32-77-57(75)8-2)54-36-42(40-20-25-46-44-17-11-12-18-50(44)58(3,4)52(46)34-40)22-27-48(54)49-28-23-43(37-55(49)60)41-21-26-47-45-24-19-39(33-51(45)59(5,6)53(47)35-41)38-61(62(65,66)67,63(68,69)70)64(71,72)73/h7-8,11-12,17-28,33-37H,1-2,9-10,13-16,29-32,38H2,3-6H3. The molecule has 0 radical (unpaired) electrons. The number of rotatable bonds is 18. The zero-order valence-electron chi connectivity index (χ0n) is 43.4. The fourth-order valence-corrected chi connectivity index (χ4v) is 13.3. The average Bonchev–Trinajstić information content (AvgIpc) is 4.12. The summed E-state index contributed by atoms with van der Waals surface area (Å²) in [7, 11) is 0. The smallest absolute Gasteiger partial charge is 0.407 e. The van der Waals surface area contributed by atoms with E-state index in [9.17, 15) is 35.9 Å². The van der Waals surface area contributed by atoms with Crippen molar-refractivity contribution < 1.29 is 45.4 Å². The molecule has 0 unspecified atom stereocenters. The molecule has 0 N–H and O–H groups in total. The van der Waals surface area contributed by atoms with Crippen molar-refractivity contribution in [2.24, 2.45) is 5.41 Å². The predicted octanol–water partition coefficient (Wildman–Crippen LogP) is 18.5. The van der Waals surface area contributed by atoms with E-state index in [1.807, 2.05) is 26.0 Å². The van der Waals surface area contributed by atoms with Crippen molar-refractivity contribution in [3.8, 4) is 55.6 Å². The molecule has 0 spiro atoms. The van der Waals surface area contributed by atoms with Crippen LogP contribution >= 0.6 is 34.8 Å². The molecule has 4 nitrogen and oxygen atoms in total. The van der Waals surface area contributed by atoms with Crippen molar-refractivity contribution in [2.75, 3.05) is 13.2 Å². The number of unbranched alkanes of at least 4 members (excludes halogenated alkanes) is 4. The van der Waals surface area contributed by atoms with Crippen LogP contribution in [-0.4, -0.2) is 41.3 Å². The third kappa shape index (κ3) is 9.83. The summed E-state index contributed by atoms with van der Waals surface area (Å²) < 4.78 is 94.4. The van der Waals surface area contributed by atoms with Crippen LogP contribution in [0.3, 0.4) is 0 Å². The molecule has 0 aromatic heterocycles. The number of carbonyl (C=O) groups is 2. The summed E-state index contributed by atoms with van der Waals surface area (Å²) in [6.45, 7) is 16.0. The first kappa shape index (κ1) is 55.9. The quantitative estimate of drug-likeness (QED) is 0.0283. The minimum Gasteiger partial charge on any atom is -0.463 e. The highest BCUT2D eigenvalue weighted by Crippen LogP contribution is 2.64. The highest BCUT2D eigenvalue weighted by Gasteiger charge is 2.79. The number of halogens is 9. The SMILES string of the molecule is C=CC(=O)OCCCCCC1(CCCCCOC(=O)C=C)c2cc(-c3ccc4c(c3)C(C)(C)c3ccccc3-4)ccc2-c2ccc(-c3ccc4c(c3)C(C)(C)c3cc(CC(C(F)(F)F)(C(F)(F)F)C(Cl)(Cl)Cl)ccc3-4)cc21. The molecule has 0 saturated heterocycles. The second kappa shape index (κ2) is 20.8. The molecule has 77 heavy (non-hydrogen) atoms. The Morgan fingerprint density at radius 1 is 0.481 bits per heavy atom. The van der Waals surface area contributed by atoms with E-state index in [2.05, 4.69) is 112 Å². The maximum atomic E-state index is 14.6. The van der Waals surface area contributed by atoms with E-state index < -0.39 is 50.7 Å². The number of hydrogen-bond acceptors (Lipinski definition) is 4. The minimum absolute atomic E-state index is 0.194. The molecule has 0 bridgehead atoms. The first-order valence-electron chi connectivity index (χ1n) is 25.9. The molecule has 3 aliphatic carbocycles. The van der Waals surface area contributed by atoms with Gasteiger partial charge in [0, 0.05) is 28.4 Å². The number of benzene rings is 6. The number of esters is 2. The lowest BCUT2D eigenvalue weighted by atomic mass is 9.70. The van der Waals surface area contributed by atoms with Crippen LogP contribution in [0.15, 0.2) is 141 Å². The van der Waals surface area contributed by atoms with Gasteiger partial charge in [0.2, 0.25) is 9.21 Å². The Morgan fingerprint density at radius 3 is 1.26 bits per heavy atom. The summed E-state index contributed by atoms with van der Waals surface area (Å²) in [6, 6.07) is 39.0. The lowest BCUT2D eigenvalue weighted by Crippen LogP contribution is -2.59. The van der Waals surface area contributed by atoms with Crippen molar-refractivity contribution in [2.45, 2.75) is 118 Å². The van der Waals surface area contributed by atoms with Crippen LogP contribution in [0.2, 0.25) is 0 Å². The second-order valence-electron chi connectivity index (χ2n) is 21.7. The zero-order chi connectivity index (χ0) is 55.5.